The number of aromatic nitrogens is 1. The number of hydrogen-bond acceptors (Lipinski definition) is 2. The number of pyridine rings is 1. The van der Waals surface area contributed by atoms with Crippen molar-refractivity contribution in [3.05, 3.63) is 30.1 Å². The van der Waals surface area contributed by atoms with Gasteiger partial charge in [0.2, 0.25) is 0 Å². The van der Waals surface area contributed by atoms with Gasteiger partial charge in [0.15, 0.2) is 5.78 Å². The van der Waals surface area contributed by atoms with Gasteiger partial charge in [0.1, 0.15) is 0 Å². The lowest BCUT2D eigenvalue weighted by Crippen LogP contribution is -2.03. The lowest BCUT2D eigenvalue weighted by molar-refractivity contribution is 0.0960. The second-order valence-electron chi connectivity index (χ2n) is 3.62. The van der Waals surface area contributed by atoms with Gasteiger partial charge >= 0.3 is 0 Å². The van der Waals surface area contributed by atoms with Crippen molar-refractivity contribution >= 4 is 5.78 Å². The number of carbonyl (C=O) groups excluding carboxylic acids is 1. The molecule has 68 valence electrons. The minimum absolute atomic E-state index is 0.278. The van der Waals surface area contributed by atoms with Crippen molar-refractivity contribution in [1.82, 2.24) is 4.98 Å². The molecule has 1 heterocycles. The number of ketones is 1. The minimum atomic E-state index is 0.278. The van der Waals surface area contributed by atoms with Crippen molar-refractivity contribution in [2.75, 3.05) is 0 Å². The van der Waals surface area contributed by atoms with Gasteiger partial charge in [-0.2, -0.15) is 0 Å². The van der Waals surface area contributed by atoms with Gasteiger partial charge in [0, 0.05) is 23.9 Å². The van der Waals surface area contributed by atoms with E-state index in [2.05, 4.69) is 11.9 Å². The lowest BCUT2D eigenvalue weighted by atomic mass is 10.1. The summed E-state index contributed by atoms with van der Waals surface area (Å²) in [7, 11) is 0. The summed E-state index contributed by atoms with van der Waals surface area (Å²) in [6, 6.07) is 3.66. The molecule has 1 fully saturated rings. The van der Waals surface area contributed by atoms with E-state index in [-0.39, 0.29) is 11.7 Å². The molecular weight excluding hydrogens is 162 g/mol. The van der Waals surface area contributed by atoms with Crippen LogP contribution in [-0.4, -0.2) is 10.8 Å². The van der Waals surface area contributed by atoms with Crippen molar-refractivity contribution in [2.24, 2.45) is 11.8 Å². The molecule has 0 radical (unpaired) electrons. The molecule has 2 nitrogen and oxygen atoms in total. The topological polar surface area (TPSA) is 30.0 Å². The molecule has 13 heavy (non-hydrogen) atoms. The van der Waals surface area contributed by atoms with Crippen LogP contribution in [-0.2, 0) is 0 Å². The number of Topliss-reactive ketones (excluding diaryl/α,β-unsaturated/α-hetero) is 1. The molecule has 1 aliphatic rings. The van der Waals surface area contributed by atoms with Crippen molar-refractivity contribution < 1.29 is 4.79 Å². The smallest absolute Gasteiger partial charge is 0.167 e. The first kappa shape index (κ1) is 8.42. The van der Waals surface area contributed by atoms with Crippen LogP contribution in [0.4, 0.5) is 0 Å². The summed E-state index contributed by atoms with van der Waals surface area (Å²) in [5.74, 6) is 1.20. The van der Waals surface area contributed by atoms with Crippen LogP contribution in [0.5, 0.6) is 0 Å². The monoisotopic (exact) mass is 175 g/mol. The number of hydrogen-bond donors (Lipinski definition) is 0. The molecule has 2 heteroatoms. The Morgan fingerprint density at radius 2 is 2.54 bits per heavy atom. The summed E-state index contributed by atoms with van der Waals surface area (Å²) < 4.78 is 0. The van der Waals surface area contributed by atoms with E-state index in [0.29, 0.717) is 5.92 Å². The number of carbonyl (C=O) groups is 1. The Hall–Kier alpha value is -1.18. The first-order chi connectivity index (χ1) is 6.33. The zero-order valence-corrected chi connectivity index (χ0v) is 7.73. The second kappa shape index (κ2) is 3.29. The van der Waals surface area contributed by atoms with Gasteiger partial charge in [-0.25, -0.2) is 0 Å². The molecular formula is C11H13NO. The summed E-state index contributed by atoms with van der Waals surface area (Å²) in [4.78, 5) is 15.7. The molecule has 0 N–H and O–H groups in total. The van der Waals surface area contributed by atoms with E-state index in [1.54, 1.807) is 12.4 Å². The predicted octanol–water partition coefficient (Wildman–Crippen LogP) is 2.31. The lowest BCUT2D eigenvalue weighted by Gasteiger charge is -1.97. The first-order valence-electron chi connectivity index (χ1n) is 4.77. The van der Waals surface area contributed by atoms with Crippen LogP contribution in [0.1, 0.15) is 30.1 Å². The predicted molar refractivity (Wildman–Crippen MR) is 50.5 cm³/mol. The Labute approximate surface area is 78.0 Å². The fraction of sp³-hybridized carbons (Fsp3) is 0.455. The average Bonchev–Trinajstić information content (AvgIpc) is 2.97. The highest BCUT2D eigenvalue weighted by Gasteiger charge is 2.41. The molecule has 2 unspecified atom stereocenters. The third kappa shape index (κ3) is 1.62. The molecule has 1 aromatic heterocycles. The summed E-state index contributed by atoms with van der Waals surface area (Å²) >= 11 is 0. The van der Waals surface area contributed by atoms with Crippen LogP contribution in [0.2, 0.25) is 0 Å². The van der Waals surface area contributed by atoms with Crippen molar-refractivity contribution in [3.8, 4) is 0 Å². The van der Waals surface area contributed by atoms with Gasteiger partial charge in [0.05, 0.1) is 0 Å². The van der Waals surface area contributed by atoms with E-state index < -0.39 is 0 Å². The fourth-order valence-corrected chi connectivity index (χ4v) is 1.74. The zero-order chi connectivity index (χ0) is 9.26. The molecule has 2 rings (SSSR count). The maximum Gasteiger partial charge on any atom is 0.167 e. The summed E-state index contributed by atoms with van der Waals surface area (Å²) in [5.41, 5.74) is 0.767. The quantitative estimate of drug-likeness (QED) is 0.660. The summed E-state index contributed by atoms with van der Waals surface area (Å²) in [5, 5.41) is 0. The molecule has 0 aliphatic heterocycles. The Kier molecular flexibility index (Phi) is 2.13. The van der Waals surface area contributed by atoms with Crippen LogP contribution in [0.3, 0.4) is 0 Å². The van der Waals surface area contributed by atoms with E-state index in [9.17, 15) is 4.79 Å². The van der Waals surface area contributed by atoms with Gasteiger partial charge in [-0.1, -0.05) is 13.3 Å². The minimum Gasteiger partial charge on any atom is -0.294 e. The molecule has 0 spiro atoms. The van der Waals surface area contributed by atoms with E-state index in [1.165, 1.54) is 0 Å². The van der Waals surface area contributed by atoms with Crippen LogP contribution >= 0.6 is 0 Å². The molecule has 0 bridgehead atoms. The molecule has 1 aliphatic carbocycles. The van der Waals surface area contributed by atoms with Gasteiger partial charge in [-0.3, -0.25) is 9.78 Å². The Morgan fingerprint density at radius 3 is 3.08 bits per heavy atom. The van der Waals surface area contributed by atoms with Gasteiger partial charge in [-0.15, -0.1) is 0 Å². The van der Waals surface area contributed by atoms with Gasteiger partial charge < -0.3 is 0 Å². The zero-order valence-electron chi connectivity index (χ0n) is 7.73. The average molecular weight is 175 g/mol. The van der Waals surface area contributed by atoms with Crippen molar-refractivity contribution in [1.29, 1.82) is 0 Å². The molecule has 2 atom stereocenters. The summed E-state index contributed by atoms with van der Waals surface area (Å²) in [6.07, 6.45) is 5.55. The Morgan fingerprint density at radius 1 is 1.69 bits per heavy atom. The van der Waals surface area contributed by atoms with Crippen LogP contribution in [0, 0.1) is 11.8 Å². The Balaban J connectivity index is 2.07. The van der Waals surface area contributed by atoms with Gasteiger partial charge in [0.25, 0.3) is 0 Å². The van der Waals surface area contributed by atoms with Gasteiger partial charge in [-0.05, 0) is 24.5 Å². The maximum absolute atomic E-state index is 11.7. The standard InChI is InChI=1S/C11H13NO/c1-2-8-6-10(8)11(13)9-4-3-5-12-7-9/h3-5,7-8,10H,2,6H2,1H3. The highest BCUT2D eigenvalue weighted by molar-refractivity contribution is 5.99. The highest BCUT2D eigenvalue weighted by atomic mass is 16.1. The maximum atomic E-state index is 11.7. The third-order valence-electron chi connectivity index (χ3n) is 2.73. The van der Waals surface area contributed by atoms with E-state index >= 15 is 0 Å². The first-order valence-corrected chi connectivity index (χ1v) is 4.77. The van der Waals surface area contributed by atoms with Crippen LogP contribution < -0.4 is 0 Å². The van der Waals surface area contributed by atoms with Crippen LogP contribution in [0.25, 0.3) is 0 Å². The number of rotatable bonds is 3. The molecule has 1 saturated carbocycles. The van der Waals surface area contributed by atoms with E-state index in [1.807, 2.05) is 12.1 Å². The van der Waals surface area contributed by atoms with Crippen molar-refractivity contribution in [3.63, 3.8) is 0 Å². The normalized spacial score (nSPS) is 25.6. The molecule has 1 aromatic rings. The number of nitrogens with zero attached hydrogens (tertiary/aromatic N) is 1. The largest absolute Gasteiger partial charge is 0.294 e. The highest BCUT2D eigenvalue weighted by Crippen LogP contribution is 2.42. The van der Waals surface area contributed by atoms with Crippen molar-refractivity contribution in [2.45, 2.75) is 19.8 Å². The molecule has 0 saturated heterocycles. The molecule has 0 aromatic carbocycles. The SMILES string of the molecule is CCC1CC1C(=O)c1cccnc1. The molecule has 0 amide bonds. The summed E-state index contributed by atoms with van der Waals surface area (Å²) in [6.45, 7) is 2.14. The van der Waals surface area contributed by atoms with Crippen LogP contribution in [0.15, 0.2) is 24.5 Å². The fourth-order valence-electron chi connectivity index (χ4n) is 1.74. The Bertz CT molecular complexity index is 307. The van der Waals surface area contributed by atoms with E-state index in [0.717, 1.165) is 18.4 Å². The van der Waals surface area contributed by atoms with E-state index in [4.69, 9.17) is 0 Å². The third-order valence-corrected chi connectivity index (χ3v) is 2.73. The second-order valence-corrected chi connectivity index (χ2v) is 3.62.